The summed E-state index contributed by atoms with van der Waals surface area (Å²) in [5.74, 6) is 0.258. The van der Waals surface area contributed by atoms with Crippen molar-refractivity contribution >= 4 is 29.1 Å². The van der Waals surface area contributed by atoms with Gasteiger partial charge >= 0.3 is 0 Å². The number of benzene rings is 2. The minimum Gasteiger partial charge on any atom is -0.497 e. The van der Waals surface area contributed by atoms with Gasteiger partial charge in [-0.15, -0.1) is 0 Å². The van der Waals surface area contributed by atoms with E-state index in [1.807, 2.05) is 36.1 Å². The molecule has 6 nitrogen and oxygen atoms in total. The summed E-state index contributed by atoms with van der Waals surface area (Å²) in [6.45, 7) is 4.41. The largest absolute Gasteiger partial charge is 0.497 e. The van der Waals surface area contributed by atoms with Crippen molar-refractivity contribution in [3.63, 3.8) is 0 Å². The lowest BCUT2D eigenvalue weighted by molar-refractivity contribution is -0.131. The smallest absolute Gasteiger partial charge is 0.241 e. The van der Waals surface area contributed by atoms with Crippen molar-refractivity contribution in [1.82, 2.24) is 9.80 Å². The van der Waals surface area contributed by atoms with Gasteiger partial charge < -0.3 is 15.0 Å². The van der Waals surface area contributed by atoms with Gasteiger partial charge in [0.05, 0.1) is 23.9 Å². The third kappa shape index (κ3) is 6.43. The fraction of sp³-hybridized carbons (Fsp3) is 0.417. The van der Waals surface area contributed by atoms with Crippen molar-refractivity contribution < 1.29 is 18.7 Å². The molecule has 1 atom stereocenters. The molecule has 32 heavy (non-hydrogen) atoms. The van der Waals surface area contributed by atoms with E-state index in [1.54, 1.807) is 7.11 Å². The molecule has 1 heterocycles. The van der Waals surface area contributed by atoms with Crippen molar-refractivity contribution in [2.45, 2.75) is 32.2 Å². The first-order valence-corrected chi connectivity index (χ1v) is 11.2. The number of anilines is 1. The van der Waals surface area contributed by atoms with Crippen LogP contribution in [0.3, 0.4) is 0 Å². The van der Waals surface area contributed by atoms with Crippen LogP contribution in [0.15, 0.2) is 42.5 Å². The van der Waals surface area contributed by atoms with E-state index in [9.17, 15) is 14.0 Å². The molecule has 0 radical (unpaired) electrons. The molecule has 1 aliphatic rings. The van der Waals surface area contributed by atoms with Crippen LogP contribution in [-0.4, -0.2) is 60.9 Å². The standard InChI is InChI=1S/C24H29ClFN3O3/c1-17(24(31)27-22-10-7-19(26)16-21(22)25)28-12-3-13-29(15-14-28)23(30)11-6-18-4-8-20(32-2)9-5-18/h4-5,7-10,16-17H,3,6,11-15H2,1-2H3,(H,27,31). The molecule has 3 rings (SSSR count). The maximum atomic E-state index is 13.2. The minimum atomic E-state index is -0.453. The molecule has 1 unspecified atom stereocenters. The minimum absolute atomic E-state index is 0.123. The molecule has 0 aliphatic carbocycles. The zero-order chi connectivity index (χ0) is 23.1. The summed E-state index contributed by atoms with van der Waals surface area (Å²) >= 11 is 6.01. The molecule has 1 aliphatic heterocycles. The molecule has 172 valence electrons. The second-order valence-corrected chi connectivity index (χ2v) is 8.31. The second-order valence-electron chi connectivity index (χ2n) is 7.91. The number of carbonyl (C=O) groups excluding carboxylic acids is 2. The zero-order valence-electron chi connectivity index (χ0n) is 18.4. The van der Waals surface area contributed by atoms with Gasteiger partial charge in [-0.1, -0.05) is 23.7 Å². The van der Waals surface area contributed by atoms with E-state index < -0.39 is 11.9 Å². The number of nitrogens with one attached hydrogen (secondary N) is 1. The number of hydrogen-bond acceptors (Lipinski definition) is 4. The Labute approximate surface area is 193 Å². The van der Waals surface area contributed by atoms with Gasteiger partial charge in [0.25, 0.3) is 0 Å². The highest BCUT2D eigenvalue weighted by Crippen LogP contribution is 2.23. The Kier molecular flexibility index (Phi) is 8.47. The summed E-state index contributed by atoms with van der Waals surface area (Å²) in [5, 5.41) is 2.93. The van der Waals surface area contributed by atoms with E-state index in [-0.39, 0.29) is 16.8 Å². The third-order valence-electron chi connectivity index (χ3n) is 5.79. The lowest BCUT2D eigenvalue weighted by Crippen LogP contribution is -2.44. The van der Waals surface area contributed by atoms with Crippen molar-refractivity contribution in [2.75, 3.05) is 38.6 Å². The maximum Gasteiger partial charge on any atom is 0.241 e. The molecule has 1 fully saturated rings. The average Bonchev–Trinajstić information content (AvgIpc) is 3.05. The predicted molar refractivity (Wildman–Crippen MR) is 124 cm³/mol. The van der Waals surface area contributed by atoms with Crippen LogP contribution in [0.2, 0.25) is 5.02 Å². The third-order valence-corrected chi connectivity index (χ3v) is 6.10. The van der Waals surface area contributed by atoms with Gasteiger partial charge in [-0.25, -0.2) is 4.39 Å². The number of amides is 2. The van der Waals surface area contributed by atoms with Crippen molar-refractivity contribution in [3.05, 3.63) is 58.9 Å². The van der Waals surface area contributed by atoms with E-state index in [2.05, 4.69) is 10.2 Å². The zero-order valence-corrected chi connectivity index (χ0v) is 19.2. The van der Waals surface area contributed by atoms with Gasteiger partial charge in [-0.05, 0) is 55.7 Å². The van der Waals surface area contributed by atoms with Gasteiger partial charge in [0, 0.05) is 32.6 Å². The van der Waals surface area contributed by atoms with E-state index in [4.69, 9.17) is 16.3 Å². The summed E-state index contributed by atoms with van der Waals surface area (Å²) < 4.78 is 18.4. The van der Waals surface area contributed by atoms with Gasteiger partial charge in [-0.3, -0.25) is 14.5 Å². The highest BCUT2D eigenvalue weighted by atomic mass is 35.5. The summed E-state index contributed by atoms with van der Waals surface area (Å²) in [6.07, 6.45) is 1.93. The molecule has 0 saturated carbocycles. The topological polar surface area (TPSA) is 61.9 Å². The Morgan fingerprint density at radius 2 is 1.88 bits per heavy atom. The molecule has 0 aromatic heterocycles. The van der Waals surface area contributed by atoms with Gasteiger partial charge in [0.2, 0.25) is 11.8 Å². The number of rotatable bonds is 7. The SMILES string of the molecule is COc1ccc(CCC(=O)N2CCCN(C(C)C(=O)Nc3ccc(F)cc3Cl)CC2)cc1. The van der Waals surface area contributed by atoms with Gasteiger partial charge in [0.1, 0.15) is 11.6 Å². The molecule has 1 saturated heterocycles. The van der Waals surface area contributed by atoms with Gasteiger partial charge in [-0.2, -0.15) is 0 Å². The number of ether oxygens (including phenoxy) is 1. The average molecular weight is 462 g/mol. The number of hydrogen-bond donors (Lipinski definition) is 1. The number of aryl methyl sites for hydroxylation is 1. The second kappa shape index (κ2) is 11.3. The number of nitrogens with zero attached hydrogens (tertiary/aromatic N) is 2. The maximum absolute atomic E-state index is 13.2. The Bertz CT molecular complexity index is 939. The molecule has 2 aromatic carbocycles. The summed E-state index contributed by atoms with van der Waals surface area (Å²) in [5.41, 5.74) is 1.48. The quantitative estimate of drug-likeness (QED) is 0.677. The van der Waals surface area contributed by atoms with Crippen LogP contribution >= 0.6 is 11.6 Å². The van der Waals surface area contributed by atoms with E-state index in [1.165, 1.54) is 18.2 Å². The molecular formula is C24H29ClFN3O3. The lowest BCUT2D eigenvalue weighted by atomic mass is 10.1. The molecule has 2 aromatic rings. The molecule has 1 N–H and O–H groups in total. The fourth-order valence-corrected chi connectivity index (χ4v) is 3.98. The Hall–Kier alpha value is -2.64. The highest BCUT2D eigenvalue weighted by Gasteiger charge is 2.26. The van der Waals surface area contributed by atoms with Crippen LogP contribution in [0.1, 0.15) is 25.3 Å². The Morgan fingerprint density at radius 1 is 1.12 bits per heavy atom. The molecule has 0 spiro atoms. The van der Waals surface area contributed by atoms with Crippen LogP contribution in [0.4, 0.5) is 10.1 Å². The van der Waals surface area contributed by atoms with Crippen molar-refractivity contribution in [2.24, 2.45) is 0 Å². The molecule has 2 amide bonds. The van der Waals surface area contributed by atoms with Crippen molar-refractivity contribution in [3.8, 4) is 5.75 Å². The van der Waals surface area contributed by atoms with E-state index in [0.717, 1.165) is 17.7 Å². The van der Waals surface area contributed by atoms with Crippen LogP contribution < -0.4 is 10.1 Å². The normalized spacial score (nSPS) is 15.7. The predicted octanol–water partition coefficient (Wildman–Crippen LogP) is 3.98. The van der Waals surface area contributed by atoms with Crippen LogP contribution in [0, 0.1) is 5.82 Å². The van der Waals surface area contributed by atoms with Gasteiger partial charge in [0.15, 0.2) is 0 Å². The van der Waals surface area contributed by atoms with Crippen LogP contribution in [-0.2, 0) is 16.0 Å². The molecular weight excluding hydrogens is 433 g/mol. The molecule has 0 bridgehead atoms. The molecule has 8 heteroatoms. The summed E-state index contributed by atoms with van der Waals surface area (Å²) in [7, 11) is 1.63. The van der Waals surface area contributed by atoms with E-state index in [0.29, 0.717) is 44.7 Å². The highest BCUT2D eigenvalue weighted by molar-refractivity contribution is 6.33. The van der Waals surface area contributed by atoms with Crippen LogP contribution in [0.25, 0.3) is 0 Å². The monoisotopic (exact) mass is 461 g/mol. The first kappa shape index (κ1) is 24.0. The summed E-state index contributed by atoms with van der Waals surface area (Å²) in [4.78, 5) is 29.3. The Morgan fingerprint density at radius 3 is 2.56 bits per heavy atom. The summed E-state index contributed by atoms with van der Waals surface area (Å²) in [6, 6.07) is 11.2. The number of methoxy groups -OCH3 is 1. The van der Waals surface area contributed by atoms with Crippen LogP contribution in [0.5, 0.6) is 5.75 Å². The lowest BCUT2D eigenvalue weighted by Gasteiger charge is -2.27. The number of halogens is 2. The first-order chi connectivity index (χ1) is 15.4. The first-order valence-electron chi connectivity index (χ1n) is 10.8. The Balaban J connectivity index is 1.49. The van der Waals surface area contributed by atoms with E-state index >= 15 is 0 Å². The number of carbonyl (C=O) groups is 2. The fourth-order valence-electron chi connectivity index (χ4n) is 3.77. The van der Waals surface area contributed by atoms with Crippen molar-refractivity contribution in [1.29, 1.82) is 0 Å².